The largest absolute Gasteiger partial charge is 0.472 e. The lowest BCUT2D eigenvalue weighted by Gasteiger charge is -2.23. The number of phosphoric acid groups is 1. The van der Waals surface area contributed by atoms with Crippen LogP contribution in [0.5, 0.6) is 0 Å². The number of aliphatic hydroxyl groups excluding tert-OH is 4. The maximum Gasteiger partial charge on any atom is 0.472 e. The molecule has 0 radical (unpaired) electrons. The number of hydrogen-bond donors (Lipinski definition) is 7. The first-order valence-electron chi connectivity index (χ1n) is 10.7. The van der Waals surface area contributed by atoms with Gasteiger partial charge in [-0.1, -0.05) is 0 Å². The molecule has 37 heavy (non-hydrogen) atoms. The predicted molar refractivity (Wildman–Crippen MR) is 116 cm³/mol. The van der Waals surface area contributed by atoms with Crippen LogP contribution in [0.25, 0.3) is 0 Å². The maximum atomic E-state index is 12.6. The van der Waals surface area contributed by atoms with Crippen molar-refractivity contribution in [3.63, 3.8) is 0 Å². The number of hydrogen-bond acceptors (Lipinski definition) is 13. The van der Waals surface area contributed by atoms with Crippen LogP contribution in [0.1, 0.15) is 12.5 Å². The maximum absolute atomic E-state index is 12.6. The van der Waals surface area contributed by atoms with E-state index in [4.69, 9.17) is 18.5 Å². The molecule has 4 rings (SSSR count). The second kappa shape index (κ2) is 10.5. The van der Waals surface area contributed by atoms with E-state index in [1.54, 1.807) is 0 Å². The summed E-state index contributed by atoms with van der Waals surface area (Å²) in [6.45, 7) is -1.64. The Balaban J connectivity index is 1.43. The molecular weight excluding hydrogens is 527 g/mol. The van der Waals surface area contributed by atoms with E-state index >= 15 is 0 Å². The molecule has 0 aromatic carbocycles. The van der Waals surface area contributed by atoms with Crippen molar-refractivity contribution in [2.24, 2.45) is 0 Å². The SMILES string of the molecule is O=c1ccn([C@@H]2O[C@H](COP(=O)(O)O[C@H]3[C@@H](O)[C@@H](n4ccc(=O)[nH]c4=O)O[C@H]3CO)[C@@H](O)[C@H]2O)c(=O)[nH]1. The minimum Gasteiger partial charge on any atom is -0.394 e. The van der Waals surface area contributed by atoms with E-state index in [0.29, 0.717) is 0 Å². The summed E-state index contributed by atoms with van der Waals surface area (Å²) < 4.78 is 34.7. The van der Waals surface area contributed by atoms with E-state index in [-0.39, 0.29) is 0 Å². The number of phosphoric ester groups is 1. The number of aliphatic hydroxyl groups is 4. The summed E-state index contributed by atoms with van der Waals surface area (Å²) in [7, 11) is -5.06. The molecule has 2 saturated heterocycles. The zero-order valence-corrected chi connectivity index (χ0v) is 19.5. The summed E-state index contributed by atoms with van der Waals surface area (Å²) >= 11 is 0. The second-order valence-corrected chi connectivity index (χ2v) is 9.56. The molecule has 2 aromatic rings. The molecule has 2 aliphatic heterocycles. The first-order valence-corrected chi connectivity index (χ1v) is 12.2. The van der Waals surface area contributed by atoms with Gasteiger partial charge in [0.1, 0.15) is 36.6 Å². The minimum atomic E-state index is -5.06. The number of H-pyrrole nitrogens is 2. The lowest BCUT2D eigenvalue weighted by atomic mass is 10.1. The van der Waals surface area contributed by atoms with Crippen LogP contribution < -0.4 is 22.5 Å². The fraction of sp³-hybridized carbons (Fsp3) is 0.556. The third-order valence-electron chi connectivity index (χ3n) is 5.73. The molecule has 18 nitrogen and oxygen atoms in total. The molecule has 19 heteroatoms. The molecule has 0 aliphatic carbocycles. The van der Waals surface area contributed by atoms with E-state index in [9.17, 15) is 49.1 Å². The Kier molecular flexibility index (Phi) is 7.77. The van der Waals surface area contributed by atoms with Crippen molar-refractivity contribution in [2.75, 3.05) is 13.2 Å². The number of ether oxygens (including phenoxy) is 2. The Labute approximate surface area is 204 Å². The molecule has 1 unspecified atom stereocenters. The Morgan fingerprint density at radius 1 is 0.865 bits per heavy atom. The minimum absolute atomic E-state index is 0.709. The molecule has 2 fully saturated rings. The smallest absolute Gasteiger partial charge is 0.394 e. The Bertz CT molecular complexity index is 1400. The average molecular weight is 550 g/mol. The van der Waals surface area contributed by atoms with Crippen LogP contribution in [0.4, 0.5) is 0 Å². The normalized spacial score (nSPS) is 33.4. The van der Waals surface area contributed by atoms with Gasteiger partial charge in [0.15, 0.2) is 12.5 Å². The monoisotopic (exact) mass is 550 g/mol. The highest BCUT2D eigenvalue weighted by Gasteiger charge is 2.50. The van der Waals surface area contributed by atoms with Crippen molar-refractivity contribution >= 4 is 7.82 Å². The first kappa shape index (κ1) is 27.3. The van der Waals surface area contributed by atoms with E-state index in [1.165, 1.54) is 0 Å². The standard InChI is InChI=1S/C18H23N4O14P/c23-5-7-14(13(28)16(34-7)22-4-2-10(25)20-18(22)30)36-37(31,32)33-6-8-11(26)12(27)15(35-8)21-3-1-9(24)19-17(21)29/h1-4,7-8,11-16,23,26-28H,5-6H2,(H,31,32)(H,19,24,29)(H,20,25,30)/t7-,8+,11+,12+,13+,14+,15+,16-/m0/s1. The highest BCUT2D eigenvalue weighted by atomic mass is 31.2. The van der Waals surface area contributed by atoms with Gasteiger partial charge in [0.25, 0.3) is 11.1 Å². The molecule has 0 saturated carbocycles. The zero-order valence-electron chi connectivity index (χ0n) is 18.6. The zero-order chi connectivity index (χ0) is 27.1. The third kappa shape index (κ3) is 5.58. The van der Waals surface area contributed by atoms with Crippen LogP contribution in [0.2, 0.25) is 0 Å². The van der Waals surface area contributed by atoms with E-state index in [0.717, 1.165) is 33.7 Å². The molecule has 2 aromatic heterocycles. The van der Waals surface area contributed by atoms with Gasteiger partial charge in [-0.15, -0.1) is 0 Å². The van der Waals surface area contributed by atoms with Crippen LogP contribution in [-0.2, 0) is 23.1 Å². The fourth-order valence-electron chi connectivity index (χ4n) is 3.93. The van der Waals surface area contributed by atoms with Crippen LogP contribution in [-0.4, -0.2) is 94.3 Å². The number of aromatic amines is 2. The highest BCUT2D eigenvalue weighted by Crippen LogP contribution is 2.49. The number of aromatic nitrogens is 4. The van der Waals surface area contributed by atoms with Crippen molar-refractivity contribution in [1.29, 1.82) is 0 Å². The first-order chi connectivity index (χ1) is 17.4. The number of rotatable bonds is 8. The predicted octanol–water partition coefficient (Wildman–Crippen LogP) is -4.54. The lowest BCUT2D eigenvalue weighted by molar-refractivity contribution is -0.0615. The topological polar surface area (TPSA) is 265 Å². The molecule has 7 N–H and O–H groups in total. The Hall–Kier alpha value is -2.77. The quantitative estimate of drug-likeness (QED) is 0.153. The van der Waals surface area contributed by atoms with Crippen molar-refractivity contribution in [3.8, 4) is 0 Å². The van der Waals surface area contributed by atoms with Crippen LogP contribution in [0, 0.1) is 0 Å². The van der Waals surface area contributed by atoms with Gasteiger partial charge in [-0.2, -0.15) is 0 Å². The molecule has 4 heterocycles. The van der Waals surface area contributed by atoms with Gasteiger partial charge < -0.3 is 34.8 Å². The fourth-order valence-corrected chi connectivity index (χ4v) is 4.89. The summed E-state index contributed by atoms with van der Waals surface area (Å²) in [6, 6.07) is 1.94. The van der Waals surface area contributed by atoms with Gasteiger partial charge in [0.05, 0.1) is 13.2 Å². The van der Waals surface area contributed by atoms with E-state index < -0.39 is 92.6 Å². The second-order valence-electron chi connectivity index (χ2n) is 8.15. The third-order valence-corrected chi connectivity index (χ3v) is 6.72. The van der Waals surface area contributed by atoms with Crippen LogP contribution >= 0.6 is 7.82 Å². The van der Waals surface area contributed by atoms with Crippen LogP contribution in [0.3, 0.4) is 0 Å². The Morgan fingerprint density at radius 2 is 1.38 bits per heavy atom. The summed E-state index contributed by atoms with van der Waals surface area (Å²) in [5.74, 6) is 0. The molecule has 204 valence electrons. The average Bonchev–Trinajstić information content (AvgIpc) is 3.28. The Morgan fingerprint density at radius 3 is 1.89 bits per heavy atom. The number of nitrogens with zero attached hydrogens (tertiary/aromatic N) is 2. The molecule has 0 bridgehead atoms. The van der Waals surface area contributed by atoms with Gasteiger partial charge in [-0.05, 0) is 0 Å². The van der Waals surface area contributed by atoms with Crippen molar-refractivity contribution in [2.45, 2.75) is 49.1 Å². The van der Waals surface area contributed by atoms with Gasteiger partial charge in [0, 0.05) is 24.5 Å². The lowest BCUT2D eigenvalue weighted by Crippen LogP contribution is -2.39. The van der Waals surface area contributed by atoms with Crippen molar-refractivity contribution in [3.05, 3.63) is 66.2 Å². The van der Waals surface area contributed by atoms with Gasteiger partial charge in [-0.3, -0.25) is 37.7 Å². The van der Waals surface area contributed by atoms with Gasteiger partial charge in [-0.25, -0.2) is 14.2 Å². The molecule has 9 atom stereocenters. The molecule has 2 aliphatic rings. The van der Waals surface area contributed by atoms with E-state index in [2.05, 4.69) is 0 Å². The molecule has 0 amide bonds. The summed E-state index contributed by atoms with van der Waals surface area (Å²) in [5, 5.41) is 40.6. The van der Waals surface area contributed by atoms with E-state index in [1.807, 2.05) is 9.97 Å². The molecule has 0 spiro atoms. The summed E-state index contributed by atoms with van der Waals surface area (Å²) in [5.41, 5.74) is -3.33. The van der Waals surface area contributed by atoms with Crippen LogP contribution in [0.15, 0.2) is 43.7 Å². The highest BCUT2D eigenvalue weighted by molar-refractivity contribution is 7.47. The van der Waals surface area contributed by atoms with Crippen molar-refractivity contribution in [1.82, 2.24) is 19.1 Å². The summed E-state index contributed by atoms with van der Waals surface area (Å²) in [6.07, 6.45) is -10.6. The van der Waals surface area contributed by atoms with Gasteiger partial charge >= 0.3 is 19.2 Å². The molecular formula is C18H23N4O14P. The summed E-state index contributed by atoms with van der Waals surface area (Å²) in [4.78, 5) is 60.5. The van der Waals surface area contributed by atoms with Crippen molar-refractivity contribution < 1.29 is 48.4 Å². The number of nitrogens with one attached hydrogen (secondary N) is 2. The van der Waals surface area contributed by atoms with Gasteiger partial charge in [0.2, 0.25) is 0 Å².